The molecule has 0 amide bonds. The molecular formula is C15H24O2. The van der Waals surface area contributed by atoms with Crippen LogP contribution in [0.25, 0.3) is 0 Å². The van der Waals surface area contributed by atoms with Crippen LogP contribution in [0.2, 0.25) is 0 Å². The average Bonchev–Trinajstić information content (AvgIpc) is 2.72. The number of carbonyl (C=O) groups excluding carboxylic acids is 1. The van der Waals surface area contributed by atoms with Gasteiger partial charge in [0.1, 0.15) is 0 Å². The molecule has 2 nitrogen and oxygen atoms in total. The zero-order valence-electron chi connectivity index (χ0n) is 11.5. The van der Waals surface area contributed by atoms with Crippen molar-refractivity contribution in [1.82, 2.24) is 0 Å². The molecule has 96 valence electrons. The highest BCUT2D eigenvalue weighted by molar-refractivity contribution is 5.71. The number of hydrogen-bond acceptors (Lipinski definition) is 2. The van der Waals surface area contributed by atoms with Gasteiger partial charge in [0.15, 0.2) is 0 Å². The van der Waals surface area contributed by atoms with E-state index in [4.69, 9.17) is 4.74 Å². The van der Waals surface area contributed by atoms with E-state index in [-0.39, 0.29) is 12.1 Å². The van der Waals surface area contributed by atoms with E-state index in [9.17, 15) is 4.79 Å². The van der Waals surface area contributed by atoms with Crippen LogP contribution in [-0.2, 0) is 9.53 Å². The van der Waals surface area contributed by atoms with Crippen molar-refractivity contribution in [1.29, 1.82) is 0 Å². The Bertz CT molecular complexity index is 339. The normalized spacial score (nSPS) is 32.4. The fraction of sp³-hybridized carbons (Fsp3) is 0.800. The molecule has 0 saturated heterocycles. The predicted octanol–water partition coefficient (Wildman–Crippen LogP) is 3.71. The van der Waals surface area contributed by atoms with Gasteiger partial charge in [0.25, 0.3) is 0 Å². The van der Waals surface area contributed by atoms with E-state index in [1.807, 2.05) is 13.8 Å². The monoisotopic (exact) mass is 236 g/mol. The predicted molar refractivity (Wildman–Crippen MR) is 68.5 cm³/mol. The third-order valence-corrected chi connectivity index (χ3v) is 4.49. The summed E-state index contributed by atoms with van der Waals surface area (Å²) in [6.45, 7) is 8.45. The van der Waals surface area contributed by atoms with Crippen LogP contribution in [0.1, 0.15) is 53.4 Å². The molecule has 2 bridgehead atoms. The largest absolute Gasteiger partial charge is 0.463 e. The summed E-state index contributed by atoms with van der Waals surface area (Å²) in [5, 5.41) is 0. The second-order valence-electron chi connectivity index (χ2n) is 6.33. The van der Waals surface area contributed by atoms with Crippen molar-refractivity contribution in [2.45, 2.75) is 59.5 Å². The topological polar surface area (TPSA) is 26.3 Å². The standard InChI is InChI=1S/C15H24O2/c1-10(2)17-14(16)8-7-13-11-5-6-12(9-11)15(13,3)4/h7,10-12H,5-6,8-9H2,1-4H3. The molecule has 0 aromatic rings. The summed E-state index contributed by atoms with van der Waals surface area (Å²) in [7, 11) is 0. The Morgan fingerprint density at radius 2 is 2.18 bits per heavy atom. The first-order valence-electron chi connectivity index (χ1n) is 6.81. The molecule has 2 saturated carbocycles. The molecule has 2 atom stereocenters. The van der Waals surface area contributed by atoms with E-state index in [1.54, 1.807) is 0 Å². The van der Waals surface area contributed by atoms with E-state index in [2.05, 4.69) is 19.9 Å². The summed E-state index contributed by atoms with van der Waals surface area (Å²) in [6.07, 6.45) is 6.60. The molecule has 0 heterocycles. The molecule has 2 heteroatoms. The van der Waals surface area contributed by atoms with Crippen LogP contribution in [-0.4, -0.2) is 12.1 Å². The van der Waals surface area contributed by atoms with Crippen molar-refractivity contribution in [3.05, 3.63) is 11.6 Å². The summed E-state index contributed by atoms with van der Waals surface area (Å²) < 4.78 is 5.17. The number of hydrogen-bond donors (Lipinski definition) is 0. The molecule has 2 aliphatic rings. The number of ether oxygens (including phenoxy) is 1. The zero-order valence-corrected chi connectivity index (χ0v) is 11.5. The lowest BCUT2D eigenvalue weighted by atomic mass is 9.72. The average molecular weight is 236 g/mol. The number of fused-ring (bicyclic) bond motifs is 2. The van der Waals surface area contributed by atoms with Crippen LogP contribution in [0.3, 0.4) is 0 Å². The molecule has 0 spiro atoms. The number of carbonyl (C=O) groups is 1. The molecule has 0 aliphatic heterocycles. The van der Waals surface area contributed by atoms with Crippen molar-refractivity contribution in [3.63, 3.8) is 0 Å². The maximum Gasteiger partial charge on any atom is 0.309 e. The summed E-state index contributed by atoms with van der Waals surface area (Å²) in [4.78, 5) is 11.6. The van der Waals surface area contributed by atoms with E-state index in [0.29, 0.717) is 11.8 Å². The van der Waals surface area contributed by atoms with Gasteiger partial charge in [0.2, 0.25) is 0 Å². The summed E-state index contributed by atoms with van der Waals surface area (Å²) in [5.74, 6) is 1.48. The Morgan fingerprint density at radius 1 is 1.47 bits per heavy atom. The fourth-order valence-electron chi connectivity index (χ4n) is 3.62. The Labute approximate surface area is 104 Å². The first-order chi connectivity index (χ1) is 7.91. The van der Waals surface area contributed by atoms with E-state index >= 15 is 0 Å². The molecule has 2 fully saturated rings. The minimum absolute atomic E-state index is 0.00561. The van der Waals surface area contributed by atoms with Gasteiger partial charge in [-0.2, -0.15) is 0 Å². The van der Waals surface area contributed by atoms with E-state index in [0.717, 1.165) is 11.8 Å². The first kappa shape index (κ1) is 12.7. The highest BCUT2D eigenvalue weighted by atomic mass is 16.5. The molecule has 2 rings (SSSR count). The second-order valence-corrected chi connectivity index (χ2v) is 6.33. The Balaban J connectivity index is 2.00. The van der Waals surface area contributed by atoms with Gasteiger partial charge >= 0.3 is 5.97 Å². The maximum atomic E-state index is 11.6. The van der Waals surface area contributed by atoms with Gasteiger partial charge in [-0.1, -0.05) is 25.5 Å². The Hall–Kier alpha value is -0.790. The molecule has 0 aromatic heterocycles. The van der Waals surface area contributed by atoms with Gasteiger partial charge in [0, 0.05) is 0 Å². The van der Waals surface area contributed by atoms with Gasteiger partial charge in [-0.15, -0.1) is 0 Å². The summed E-state index contributed by atoms with van der Waals surface area (Å²) >= 11 is 0. The Morgan fingerprint density at radius 3 is 2.71 bits per heavy atom. The number of esters is 1. The third-order valence-electron chi connectivity index (χ3n) is 4.49. The summed E-state index contributed by atoms with van der Waals surface area (Å²) in [5.41, 5.74) is 1.82. The summed E-state index contributed by atoms with van der Waals surface area (Å²) in [6, 6.07) is 0. The van der Waals surface area contributed by atoms with E-state index in [1.165, 1.54) is 24.8 Å². The number of allylic oxidation sites excluding steroid dienone is 1. The Kier molecular flexibility index (Phi) is 3.33. The third kappa shape index (κ3) is 2.41. The zero-order chi connectivity index (χ0) is 12.6. The van der Waals surface area contributed by atoms with Crippen LogP contribution in [0.4, 0.5) is 0 Å². The second kappa shape index (κ2) is 4.47. The SMILES string of the molecule is CC(C)OC(=O)CC=C1C2CCC(C2)C1(C)C. The van der Waals surface area contributed by atoms with Crippen LogP contribution >= 0.6 is 0 Å². The minimum atomic E-state index is -0.0916. The minimum Gasteiger partial charge on any atom is -0.463 e. The molecular weight excluding hydrogens is 212 g/mol. The molecule has 0 aromatic carbocycles. The first-order valence-corrected chi connectivity index (χ1v) is 6.81. The quantitative estimate of drug-likeness (QED) is 0.551. The smallest absolute Gasteiger partial charge is 0.309 e. The van der Waals surface area contributed by atoms with E-state index < -0.39 is 0 Å². The molecule has 2 aliphatic carbocycles. The van der Waals surface area contributed by atoms with Gasteiger partial charge < -0.3 is 4.74 Å². The molecule has 0 N–H and O–H groups in total. The van der Waals surface area contributed by atoms with Crippen LogP contribution in [0, 0.1) is 17.3 Å². The van der Waals surface area contributed by atoms with Gasteiger partial charge in [-0.05, 0) is 50.4 Å². The van der Waals surface area contributed by atoms with Gasteiger partial charge in [0.05, 0.1) is 12.5 Å². The molecule has 0 radical (unpaired) electrons. The molecule has 17 heavy (non-hydrogen) atoms. The van der Waals surface area contributed by atoms with Crippen LogP contribution in [0.15, 0.2) is 11.6 Å². The van der Waals surface area contributed by atoms with Gasteiger partial charge in [-0.25, -0.2) is 0 Å². The lowest BCUT2D eigenvalue weighted by molar-refractivity contribution is -0.146. The van der Waals surface area contributed by atoms with Crippen LogP contribution in [0.5, 0.6) is 0 Å². The van der Waals surface area contributed by atoms with Crippen molar-refractivity contribution in [2.24, 2.45) is 17.3 Å². The van der Waals surface area contributed by atoms with Crippen molar-refractivity contribution < 1.29 is 9.53 Å². The lowest BCUT2D eigenvalue weighted by Gasteiger charge is -2.32. The molecule has 2 unspecified atom stereocenters. The van der Waals surface area contributed by atoms with Crippen molar-refractivity contribution in [2.75, 3.05) is 0 Å². The van der Waals surface area contributed by atoms with Crippen molar-refractivity contribution >= 4 is 5.97 Å². The van der Waals surface area contributed by atoms with Crippen LogP contribution < -0.4 is 0 Å². The number of rotatable bonds is 3. The van der Waals surface area contributed by atoms with Gasteiger partial charge in [-0.3, -0.25) is 4.79 Å². The lowest BCUT2D eigenvalue weighted by Crippen LogP contribution is -2.23. The van der Waals surface area contributed by atoms with Crippen molar-refractivity contribution in [3.8, 4) is 0 Å². The highest BCUT2D eigenvalue weighted by Crippen LogP contribution is 2.58. The fourth-order valence-corrected chi connectivity index (χ4v) is 3.62. The highest BCUT2D eigenvalue weighted by Gasteiger charge is 2.48. The maximum absolute atomic E-state index is 11.6.